The molecule has 138 valence electrons. The molecule has 2 rings (SSSR count). The first kappa shape index (κ1) is 19.3. The third-order valence-electron chi connectivity index (χ3n) is 3.70. The monoisotopic (exact) mass is 377 g/mol. The highest BCUT2D eigenvalue weighted by atomic mass is 32.2. The van der Waals surface area contributed by atoms with Gasteiger partial charge in [-0.2, -0.15) is 13.2 Å². The molecular weight excluding hydrogens is 359 g/mol. The van der Waals surface area contributed by atoms with Crippen LogP contribution >= 0.6 is 0 Å². The van der Waals surface area contributed by atoms with Crippen molar-refractivity contribution in [1.82, 2.24) is 5.16 Å². The molecule has 0 aliphatic heterocycles. The van der Waals surface area contributed by atoms with Crippen molar-refractivity contribution in [2.75, 3.05) is 5.32 Å². The second kappa shape index (κ2) is 6.68. The Bertz CT molecular complexity index is 856. The number of rotatable bonds is 5. The number of halogens is 3. The fourth-order valence-corrected chi connectivity index (χ4v) is 3.26. The lowest BCUT2D eigenvalue weighted by atomic mass is 10.1. The fourth-order valence-electron chi connectivity index (χ4n) is 2.52. The lowest BCUT2D eigenvalue weighted by Crippen LogP contribution is -2.21. The van der Waals surface area contributed by atoms with E-state index in [-0.39, 0.29) is 11.7 Å². The van der Waals surface area contributed by atoms with Crippen molar-refractivity contribution in [2.45, 2.75) is 44.3 Å². The summed E-state index contributed by atoms with van der Waals surface area (Å²) in [6.45, 7) is 5.32. The van der Waals surface area contributed by atoms with Crippen LogP contribution in [-0.2, 0) is 22.6 Å². The summed E-state index contributed by atoms with van der Waals surface area (Å²) < 4.78 is 67.2. The predicted octanol–water partition coefficient (Wildman–Crippen LogP) is 3.00. The molecule has 2 aromatic rings. The molecule has 0 saturated carbocycles. The zero-order valence-corrected chi connectivity index (χ0v) is 14.6. The fraction of sp³-hybridized carbons (Fsp3) is 0.400. The second-order valence-corrected chi connectivity index (χ2v) is 7.34. The molecule has 1 atom stereocenters. The van der Waals surface area contributed by atoms with Gasteiger partial charge >= 0.3 is 6.18 Å². The molecule has 0 spiro atoms. The Kier molecular flexibility index (Phi) is 5.14. The van der Waals surface area contributed by atoms with Gasteiger partial charge in [-0.05, 0) is 45.4 Å². The zero-order chi connectivity index (χ0) is 19.0. The summed E-state index contributed by atoms with van der Waals surface area (Å²) in [7, 11) is -4.48. The van der Waals surface area contributed by atoms with Crippen LogP contribution in [0.15, 0.2) is 27.6 Å². The summed E-state index contributed by atoms with van der Waals surface area (Å²) in [5, 5.41) is 11.6. The Labute approximate surface area is 143 Å². The van der Waals surface area contributed by atoms with Crippen molar-refractivity contribution in [2.24, 2.45) is 5.14 Å². The van der Waals surface area contributed by atoms with Crippen LogP contribution in [0.25, 0.3) is 0 Å². The highest BCUT2D eigenvalue weighted by Gasteiger charge is 2.36. The van der Waals surface area contributed by atoms with Crippen molar-refractivity contribution < 1.29 is 26.1 Å². The minimum atomic E-state index is -4.84. The van der Waals surface area contributed by atoms with Crippen LogP contribution in [0, 0.1) is 13.8 Å². The van der Waals surface area contributed by atoms with E-state index in [1.165, 1.54) is 6.07 Å². The number of primary sulfonamides is 1. The number of nitrogens with two attached hydrogens (primary N) is 1. The van der Waals surface area contributed by atoms with Crippen LogP contribution in [0.3, 0.4) is 0 Å². The van der Waals surface area contributed by atoms with E-state index in [2.05, 4.69) is 10.5 Å². The Morgan fingerprint density at radius 1 is 1.32 bits per heavy atom. The molecule has 6 nitrogen and oxygen atoms in total. The maximum Gasteiger partial charge on any atom is 0.417 e. The lowest BCUT2D eigenvalue weighted by Gasteiger charge is -2.18. The maximum absolute atomic E-state index is 13.1. The smallest absolute Gasteiger partial charge is 0.382 e. The van der Waals surface area contributed by atoms with Gasteiger partial charge in [-0.3, -0.25) is 0 Å². The number of hydrogen-bond acceptors (Lipinski definition) is 5. The van der Waals surface area contributed by atoms with Crippen LogP contribution in [0.1, 0.15) is 29.5 Å². The van der Waals surface area contributed by atoms with Crippen LogP contribution in [0.5, 0.6) is 0 Å². The summed E-state index contributed by atoms with van der Waals surface area (Å²) in [5.41, 5.74) is 0.424. The standard InChI is InChI=1S/C15H18F3N3O3S/c1-8(6-12-9(2)21-24-10(12)3)20-11-4-5-14(25(19,22)23)13(7-11)15(16,17)18/h4-5,7-8,20H,6H2,1-3H3,(H2,19,22,23). The third-order valence-corrected chi connectivity index (χ3v) is 4.67. The number of aryl methyl sites for hydroxylation is 2. The number of benzene rings is 1. The van der Waals surface area contributed by atoms with Gasteiger partial charge in [-0.25, -0.2) is 13.6 Å². The van der Waals surface area contributed by atoms with E-state index in [1.807, 2.05) is 0 Å². The van der Waals surface area contributed by atoms with E-state index in [0.29, 0.717) is 17.9 Å². The van der Waals surface area contributed by atoms with Gasteiger partial charge in [0, 0.05) is 17.3 Å². The highest BCUT2D eigenvalue weighted by molar-refractivity contribution is 7.89. The second-order valence-electron chi connectivity index (χ2n) is 5.81. The van der Waals surface area contributed by atoms with Gasteiger partial charge in [-0.1, -0.05) is 5.16 Å². The molecule has 1 aromatic carbocycles. The van der Waals surface area contributed by atoms with Gasteiger partial charge in [0.15, 0.2) is 0 Å². The third kappa shape index (κ3) is 4.51. The zero-order valence-electron chi connectivity index (χ0n) is 13.8. The average molecular weight is 377 g/mol. The maximum atomic E-state index is 13.1. The summed E-state index contributed by atoms with van der Waals surface area (Å²) in [5.74, 6) is 0.645. The van der Waals surface area contributed by atoms with E-state index in [4.69, 9.17) is 9.66 Å². The Balaban J connectivity index is 2.28. The van der Waals surface area contributed by atoms with Gasteiger partial charge in [0.1, 0.15) is 5.76 Å². The minimum Gasteiger partial charge on any atom is -0.382 e. The van der Waals surface area contributed by atoms with Crippen molar-refractivity contribution in [3.63, 3.8) is 0 Å². The van der Waals surface area contributed by atoms with Crippen molar-refractivity contribution in [1.29, 1.82) is 0 Å². The molecule has 25 heavy (non-hydrogen) atoms. The van der Waals surface area contributed by atoms with Gasteiger partial charge < -0.3 is 9.84 Å². The summed E-state index contributed by atoms with van der Waals surface area (Å²) in [6.07, 6.45) is -4.36. The minimum absolute atomic E-state index is 0.138. The number of nitrogens with one attached hydrogen (secondary N) is 1. The molecule has 0 bridgehead atoms. The first-order valence-electron chi connectivity index (χ1n) is 7.32. The first-order chi connectivity index (χ1) is 11.4. The normalized spacial score (nSPS) is 13.7. The predicted molar refractivity (Wildman–Crippen MR) is 85.6 cm³/mol. The molecular formula is C15H18F3N3O3S. The molecule has 0 amide bonds. The van der Waals surface area contributed by atoms with E-state index in [9.17, 15) is 21.6 Å². The molecule has 10 heteroatoms. The van der Waals surface area contributed by atoms with Crippen molar-refractivity contribution in [3.05, 3.63) is 40.8 Å². The van der Waals surface area contributed by atoms with Crippen molar-refractivity contribution in [3.8, 4) is 0 Å². The van der Waals surface area contributed by atoms with Gasteiger partial charge in [0.25, 0.3) is 0 Å². The number of anilines is 1. The number of nitrogens with zero attached hydrogens (tertiary/aromatic N) is 1. The lowest BCUT2D eigenvalue weighted by molar-refractivity contribution is -0.139. The molecule has 3 N–H and O–H groups in total. The summed E-state index contributed by atoms with van der Waals surface area (Å²) in [6, 6.07) is 2.60. The molecule has 0 aliphatic rings. The van der Waals surface area contributed by atoms with E-state index in [0.717, 1.165) is 17.7 Å². The number of alkyl halides is 3. The number of hydrogen-bond donors (Lipinski definition) is 2. The quantitative estimate of drug-likeness (QED) is 0.835. The topological polar surface area (TPSA) is 98.2 Å². The van der Waals surface area contributed by atoms with Crippen LogP contribution in [0.2, 0.25) is 0 Å². The molecule has 0 radical (unpaired) electrons. The van der Waals surface area contributed by atoms with Crippen molar-refractivity contribution >= 4 is 15.7 Å². The Morgan fingerprint density at radius 3 is 2.44 bits per heavy atom. The summed E-state index contributed by atoms with van der Waals surface area (Å²) in [4.78, 5) is -0.955. The van der Waals surface area contributed by atoms with Crippen LogP contribution in [-0.4, -0.2) is 19.6 Å². The highest BCUT2D eigenvalue weighted by Crippen LogP contribution is 2.35. The Hall–Kier alpha value is -2.07. The molecule has 0 aliphatic carbocycles. The molecule has 1 heterocycles. The molecule has 1 unspecified atom stereocenters. The first-order valence-corrected chi connectivity index (χ1v) is 8.86. The van der Waals surface area contributed by atoms with Gasteiger partial charge in [0.05, 0.1) is 16.2 Å². The van der Waals surface area contributed by atoms with E-state index >= 15 is 0 Å². The SMILES string of the molecule is Cc1noc(C)c1CC(C)Nc1ccc(S(N)(=O)=O)c(C(F)(F)F)c1. The summed E-state index contributed by atoms with van der Waals surface area (Å²) >= 11 is 0. The van der Waals surface area contributed by atoms with E-state index in [1.54, 1.807) is 20.8 Å². The van der Waals surface area contributed by atoms with Gasteiger partial charge in [-0.15, -0.1) is 0 Å². The molecule has 0 saturated heterocycles. The number of sulfonamides is 1. The van der Waals surface area contributed by atoms with Crippen LogP contribution < -0.4 is 10.5 Å². The largest absolute Gasteiger partial charge is 0.417 e. The molecule has 1 aromatic heterocycles. The van der Waals surface area contributed by atoms with Crippen LogP contribution in [0.4, 0.5) is 18.9 Å². The van der Waals surface area contributed by atoms with Gasteiger partial charge in [0.2, 0.25) is 10.0 Å². The number of aromatic nitrogens is 1. The van der Waals surface area contributed by atoms with E-state index < -0.39 is 26.7 Å². The Morgan fingerprint density at radius 2 is 1.96 bits per heavy atom. The average Bonchev–Trinajstić information content (AvgIpc) is 2.77. The molecule has 0 fully saturated rings.